The molecule has 0 radical (unpaired) electrons. The molecule has 0 saturated heterocycles. The SMILES string of the molecule is COc1ccc2cc3cc(C(=O)N(C)c4cc(C)ccc4OC)sc3nc2c1. The predicted octanol–water partition coefficient (Wildman–Crippen LogP) is 5.05. The first kappa shape index (κ1) is 18.3. The summed E-state index contributed by atoms with van der Waals surface area (Å²) in [6, 6.07) is 15.5. The van der Waals surface area contributed by atoms with Crippen LogP contribution in [-0.2, 0) is 0 Å². The molecule has 0 spiro atoms. The van der Waals surface area contributed by atoms with Crippen LogP contribution in [0.3, 0.4) is 0 Å². The highest BCUT2D eigenvalue weighted by Crippen LogP contribution is 2.33. The van der Waals surface area contributed by atoms with Crippen molar-refractivity contribution in [3.63, 3.8) is 0 Å². The van der Waals surface area contributed by atoms with Gasteiger partial charge in [-0.1, -0.05) is 6.07 Å². The number of carbonyl (C=O) groups is 1. The molecule has 0 atom stereocenters. The number of ether oxygens (including phenoxy) is 2. The second-order valence-electron chi connectivity index (χ2n) is 6.59. The van der Waals surface area contributed by atoms with Gasteiger partial charge in [0.05, 0.1) is 30.3 Å². The van der Waals surface area contributed by atoms with Crippen LogP contribution < -0.4 is 14.4 Å². The molecule has 1 amide bonds. The van der Waals surface area contributed by atoms with Crippen LogP contribution in [0, 0.1) is 6.92 Å². The molecule has 2 heterocycles. The van der Waals surface area contributed by atoms with Gasteiger partial charge in [0.2, 0.25) is 0 Å². The number of rotatable bonds is 4. The van der Waals surface area contributed by atoms with Crippen molar-refractivity contribution in [2.24, 2.45) is 0 Å². The number of anilines is 1. The highest BCUT2D eigenvalue weighted by Gasteiger charge is 2.20. The summed E-state index contributed by atoms with van der Waals surface area (Å²) in [7, 11) is 5.01. The number of benzene rings is 2. The van der Waals surface area contributed by atoms with E-state index in [0.717, 1.165) is 38.1 Å². The summed E-state index contributed by atoms with van der Waals surface area (Å²) < 4.78 is 10.7. The van der Waals surface area contributed by atoms with E-state index < -0.39 is 0 Å². The molecule has 2 aromatic carbocycles. The lowest BCUT2D eigenvalue weighted by molar-refractivity contribution is 0.0996. The Morgan fingerprint density at radius 1 is 1.00 bits per heavy atom. The Labute approximate surface area is 167 Å². The number of fused-ring (bicyclic) bond motifs is 2. The van der Waals surface area contributed by atoms with Crippen LogP contribution in [0.1, 0.15) is 15.2 Å². The lowest BCUT2D eigenvalue weighted by Gasteiger charge is -2.19. The lowest BCUT2D eigenvalue weighted by atomic mass is 10.1. The van der Waals surface area contributed by atoms with E-state index in [0.29, 0.717) is 10.6 Å². The van der Waals surface area contributed by atoms with Gasteiger partial charge in [-0.25, -0.2) is 4.98 Å². The number of amides is 1. The summed E-state index contributed by atoms with van der Waals surface area (Å²) in [4.78, 5) is 20.9. The molecule has 0 unspecified atom stereocenters. The van der Waals surface area contributed by atoms with Gasteiger partial charge in [0.1, 0.15) is 16.3 Å². The number of carbonyl (C=O) groups excluding carboxylic acids is 1. The van der Waals surface area contributed by atoms with Gasteiger partial charge in [-0.2, -0.15) is 0 Å². The summed E-state index contributed by atoms with van der Waals surface area (Å²) >= 11 is 1.39. The summed E-state index contributed by atoms with van der Waals surface area (Å²) in [6.07, 6.45) is 0. The van der Waals surface area contributed by atoms with Crippen molar-refractivity contribution in [2.45, 2.75) is 6.92 Å². The van der Waals surface area contributed by atoms with Crippen LogP contribution in [-0.4, -0.2) is 32.2 Å². The second-order valence-corrected chi connectivity index (χ2v) is 7.62. The summed E-state index contributed by atoms with van der Waals surface area (Å²) in [5.41, 5.74) is 2.66. The Morgan fingerprint density at radius 2 is 1.82 bits per heavy atom. The van der Waals surface area contributed by atoms with Crippen molar-refractivity contribution in [1.29, 1.82) is 0 Å². The average molecular weight is 392 g/mol. The fourth-order valence-electron chi connectivity index (χ4n) is 3.17. The van der Waals surface area contributed by atoms with Crippen molar-refractivity contribution in [3.8, 4) is 11.5 Å². The molecule has 28 heavy (non-hydrogen) atoms. The number of pyridine rings is 1. The van der Waals surface area contributed by atoms with Crippen LogP contribution in [0.25, 0.3) is 21.1 Å². The molecule has 0 N–H and O–H groups in total. The Morgan fingerprint density at radius 3 is 2.57 bits per heavy atom. The second kappa shape index (κ2) is 7.13. The molecule has 0 fully saturated rings. The quantitative estimate of drug-likeness (QED) is 0.488. The lowest BCUT2D eigenvalue weighted by Crippen LogP contribution is -2.25. The van der Waals surface area contributed by atoms with Crippen LogP contribution in [0.5, 0.6) is 11.5 Å². The topological polar surface area (TPSA) is 51.7 Å². The number of hydrogen-bond donors (Lipinski definition) is 0. The Hall–Kier alpha value is -3.12. The van der Waals surface area contributed by atoms with E-state index in [1.54, 1.807) is 26.2 Å². The van der Waals surface area contributed by atoms with Crippen molar-refractivity contribution in [3.05, 3.63) is 59.0 Å². The first-order valence-corrected chi connectivity index (χ1v) is 9.63. The molecule has 0 saturated carbocycles. The Kier molecular flexibility index (Phi) is 4.65. The van der Waals surface area contributed by atoms with E-state index in [9.17, 15) is 4.79 Å². The standard InChI is InChI=1S/C22H20N2O3S/c1-13-5-8-19(27-4)18(9-13)24(2)22(25)20-11-15-10-14-6-7-16(26-3)12-17(14)23-21(15)28-20/h5-12H,1-4H3. The van der Waals surface area contributed by atoms with E-state index in [1.807, 2.05) is 49.4 Å². The van der Waals surface area contributed by atoms with Gasteiger partial charge < -0.3 is 14.4 Å². The Balaban J connectivity index is 1.75. The fraction of sp³-hybridized carbons (Fsp3) is 0.182. The number of aromatic nitrogens is 1. The summed E-state index contributed by atoms with van der Waals surface area (Å²) in [5, 5.41) is 1.97. The van der Waals surface area contributed by atoms with Gasteiger partial charge in [0.25, 0.3) is 5.91 Å². The minimum Gasteiger partial charge on any atom is -0.497 e. The van der Waals surface area contributed by atoms with Gasteiger partial charge in [-0.15, -0.1) is 11.3 Å². The third-order valence-electron chi connectivity index (χ3n) is 4.72. The Bertz CT molecular complexity index is 1200. The smallest absolute Gasteiger partial charge is 0.268 e. The predicted molar refractivity (Wildman–Crippen MR) is 114 cm³/mol. The molecule has 0 bridgehead atoms. The maximum atomic E-state index is 13.1. The number of aryl methyl sites for hydroxylation is 1. The maximum Gasteiger partial charge on any atom is 0.268 e. The van der Waals surface area contributed by atoms with Crippen molar-refractivity contribution < 1.29 is 14.3 Å². The first-order valence-electron chi connectivity index (χ1n) is 8.81. The fourth-order valence-corrected chi connectivity index (χ4v) is 4.17. The minimum atomic E-state index is -0.0893. The highest BCUT2D eigenvalue weighted by molar-refractivity contribution is 7.20. The number of nitrogens with zero attached hydrogens (tertiary/aromatic N) is 2. The van der Waals surface area contributed by atoms with Crippen molar-refractivity contribution >= 4 is 44.1 Å². The molecule has 142 valence electrons. The summed E-state index contributed by atoms with van der Waals surface area (Å²) in [6.45, 7) is 1.99. The summed E-state index contributed by atoms with van der Waals surface area (Å²) in [5.74, 6) is 1.34. The van der Waals surface area contributed by atoms with Crippen LogP contribution in [0.15, 0.2) is 48.5 Å². The first-order chi connectivity index (χ1) is 13.5. The number of methoxy groups -OCH3 is 2. The van der Waals surface area contributed by atoms with E-state index in [1.165, 1.54) is 11.3 Å². The molecule has 2 aromatic heterocycles. The maximum absolute atomic E-state index is 13.1. The molecule has 0 aliphatic rings. The highest BCUT2D eigenvalue weighted by atomic mass is 32.1. The van der Waals surface area contributed by atoms with Gasteiger partial charge in [-0.05, 0) is 48.9 Å². The molecular formula is C22H20N2O3S. The molecule has 6 heteroatoms. The largest absolute Gasteiger partial charge is 0.497 e. The number of hydrogen-bond acceptors (Lipinski definition) is 5. The van der Waals surface area contributed by atoms with Crippen molar-refractivity contribution in [2.75, 3.05) is 26.2 Å². The van der Waals surface area contributed by atoms with Gasteiger partial charge in [0, 0.05) is 23.9 Å². The normalized spacial score (nSPS) is 11.0. The zero-order chi connectivity index (χ0) is 19.8. The average Bonchev–Trinajstić information content (AvgIpc) is 3.13. The molecular weight excluding hydrogens is 372 g/mol. The number of thiophene rings is 1. The third kappa shape index (κ3) is 3.16. The molecule has 4 rings (SSSR count). The van der Waals surface area contributed by atoms with Crippen LogP contribution in [0.4, 0.5) is 5.69 Å². The van der Waals surface area contributed by atoms with Crippen LogP contribution >= 0.6 is 11.3 Å². The molecule has 0 aliphatic heterocycles. The minimum absolute atomic E-state index is 0.0893. The van der Waals surface area contributed by atoms with Gasteiger partial charge in [-0.3, -0.25) is 4.79 Å². The molecule has 4 aromatic rings. The zero-order valence-electron chi connectivity index (χ0n) is 16.1. The zero-order valence-corrected chi connectivity index (χ0v) is 17.0. The van der Waals surface area contributed by atoms with Crippen LogP contribution in [0.2, 0.25) is 0 Å². The molecule has 5 nitrogen and oxygen atoms in total. The van der Waals surface area contributed by atoms with E-state index >= 15 is 0 Å². The molecule has 0 aliphatic carbocycles. The van der Waals surface area contributed by atoms with E-state index in [2.05, 4.69) is 6.07 Å². The van der Waals surface area contributed by atoms with E-state index in [4.69, 9.17) is 14.5 Å². The third-order valence-corrected chi connectivity index (χ3v) is 5.75. The van der Waals surface area contributed by atoms with Gasteiger partial charge >= 0.3 is 0 Å². The van der Waals surface area contributed by atoms with E-state index in [-0.39, 0.29) is 5.91 Å². The van der Waals surface area contributed by atoms with Gasteiger partial charge in [0.15, 0.2) is 0 Å². The van der Waals surface area contributed by atoms with Crippen molar-refractivity contribution in [1.82, 2.24) is 4.98 Å². The monoisotopic (exact) mass is 392 g/mol.